The van der Waals surface area contributed by atoms with Crippen molar-refractivity contribution in [3.8, 4) is 0 Å². The first-order valence-corrected chi connectivity index (χ1v) is 9.35. The Morgan fingerprint density at radius 2 is 2.04 bits per heavy atom. The Morgan fingerprint density at radius 1 is 1.26 bits per heavy atom. The minimum atomic E-state index is -0.519. The molecule has 3 N–H and O–H groups in total. The number of carbonyl (C=O) groups is 1. The van der Waals surface area contributed by atoms with E-state index in [0.29, 0.717) is 36.9 Å². The molecule has 1 fully saturated rings. The summed E-state index contributed by atoms with van der Waals surface area (Å²) in [6.07, 6.45) is -0.106. The average Bonchev–Trinajstić information content (AvgIpc) is 3.24. The number of aromatic amines is 1. The number of rotatable bonds is 5. The smallest absolute Gasteiger partial charge is 0.237 e. The second-order valence-corrected chi connectivity index (χ2v) is 7.25. The van der Waals surface area contributed by atoms with Crippen LogP contribution in [0.1, 0.15) is 17.8 Å². The summed E-state index contributed by atoms with van der Waals surface area (Å²) in [4.78, 5) is 22.4. The van der Waals surface area contributed by atoms with Crippen molar-refractivity contribution in [1.82, 2.24) is 20.2 Å². The van der Waals surface area contributed by atoms with Gasteiger partial charge in [-0.2, -0.15) is 0 Å². The van der Waals surface area contributed by atoms with Gasteiger partial charge in [0.2, 0.25) is 5.91 Å². The van der Waals surface area contributed by atoms with Gasteiger partial charge in [0.1, 0.15) is 5.82 Å². The first kappa shape index (κ1) is 18.0. The monoisotopic (exact) mass is 384 g/mol. The summed E-state index contributed by atoms with van der Waals surface area (Å²) in [5, 5.41) is 13.7. The molecule has 0 saturated carbocycles. The number of aliphatic hydroxyl groups is 1. The minimum absolute atomic E-state index is 0.112. The van der Waals surface area contributed by atoms with Crippen LogP contribution < -0.4 is 5.32 Å². The molecular weight excluding hydrogens is 364 g/mol. The Bertz CT molecular complexity index is 925. The van der Waals surface area contributed by atoms with Gasteiger partial charge in [0, 0.05) is 18.1 Å². The summed E-state index contributed by atoms with van der Waals surface area (Å²) in [6.45, 7) is 1.30. The first-order chi connectivity index (χ1) is 13.1. The molecule has 2 unspecified atom stereocenters. The highest BCUT2D eigenvalue weighted by molar-refractivity contribution is 6.31. The number of H-pyrrole nitrogens is 1. The maximum Gasteiger partial charge on any atom is 0.237 e. The van der Waals surface area contributed by atoms with Crippen molar-refractivity contribution in [1.29, 1.82) is 0 Å². The molecule has 4 rings (SSSR count). The molecule has 0 bridgehead atoms. The first-order valence-electron chi connectivity index (χ1n) is 8.97. The fraction of sp³-hybridized carbons (Fsp3) is 0.300. The zero-order valence-electron chi connectivity index (χ0n) is 14.7. The highest BCUT2D eigenvalue weighted by Gasteiger charge is 2.36. The molecule has 7 heteroatoms. The number of para-hydroxylation sites is 2. The fourth-order valence-corrected chi connectivity index (χ4v) is 3.75. The lowest BCUT2D eigenvalue weighted by Gasteiger charge is -2.23. The lowest BCUT2D eigenvalue weighted by molar-refractivity contribution is -0.125. The van der Waals surface area contributed by atoms with Crippen LogP contribution in [-0.2, 0) is 17.9 Å². The molecule has 2 aromatic carbocycles. The fourth-order valence-electron chi connectivity index (χ4n) is 3.55. The molecule has 2 heterocycles. The van der Waals surface area contributed by atoms with Crippen LogP contribution in [0.25, 0.3) is 11.0 Å². The third-order valence-corrected chi connectivity index (χ3v) is 5.25. The Balaban J connectivity index is 1.42. The van der Waals surface area contributed by atoms with Gasteiger partial charge in [-0.25, -0.2) is 4.98 Å². The summed E-state index contributed by atoms with van der Waals surface area (Å²) in [5.74, 6) is 0.597. The number of nitrogens with zero attached hydrogens (tertiary/aromatic N) is 2. The third kappa shape index (κ3) is 3.98. The molecular formula is C20H21ClN4O2. The number of hydrogen-bond donors (Lipinski definition) is 3. The number of halogens is 1. The molecule has 0 aliphatic carbocycles. The number of likely N-dealkylation sites (tertiary alicyclic amines) is 1. The van der Waals surface area contributed by atoms with E-state index in [4.69, 9.17) is 11.6 Å². The number of β-amino-alcohol motifs (C(OH)–C–C–N with tert-alkyl or cyclic N) is 1. The van der Waals surface area contributed by atoms with Gasteiger partial charge in [-0.05, 0) is 30.2 Å². The quantitative estimate of drug-likeness (QED) is 0.631. The summed E-state index contributed by atoms with van der Waals surface area (Å²) >= 11 is 6.24. The van der Waals surface area contributed by atoms with E-state index < -0.39 is 6.10 Å². The van der Waals surface area contributed by atoms with E-state index in [2.05, 4.69) is 15.3 Å². The van der Waals surface area contributed by atoms with E-state index in [0.717, 1.165) is 16.6 Å². The molecule has 0 radical (unpaired) electrons. The van der Waals surface area contributed by atoms with Crippen LogP contribution in [0.3, 0.4) is 0 Å². The van der Waals surface area contributed by atoms with Crippen LogP contribution in [0.5, 0.6) is 0 Å². The molecule has 6 nitrogen and oxygen atoms in total. The average molecular weight is 385 g/mol. The van der Waals surface area contributed by atoms with Crippen molar-refractivity contribution < 1.29 is 9.90 Å². The number of amides is 1. The molecule has 1 amide bonds. The van der Waals surface area contributed by atoms with Gasteiger partial charge in [0.05, 0.1) is 29.7 Å². The summed E-state index contributed by atoms with van der Waals surface area (Å²) in [7, 11) is 0. The number of nitrogens with one attached hydrogen (secondary N) is 2. The van der Waals surface area contributed by atoms with Crippen molar-refractivity contribution in [2.45, 2.75) is 31.7 Å². The second-order valence-electron chi connectivity index (χ2n) is 6.84. The predicted molar refractivity (Wildman–Crippen MR) is 104 cm³/mol. The van der Waals surface area contributed by atoms with Gasteiger partial charge in [-0.1, -0.05) is 41.9 Å². The summed E-state index contributed by atoms with van der Waals surface area (Å²) in [6, 6.07) is 14.9. The van der Waals surface area contributed by atoms with Crippen molar-refractivity contribution in [3.05, 3.63) is 64.9 Å². The van der Waals surface area contributed by atoms with Gasteiger partial charge >= 0.3 is 0 Å². The molecule has 27 heavy (non-hydrogen) atoms. The van der Waals surface area contributed by atoms with Gasteiger partial charge in [-0.3, -0.25) is 9.69 Å². The normalized spacial score (nSPS) is 20.2. The van der Waals surface area contributed by atoms with Gasteiger partial charge in [0.15, 0.2) is 0 Å². The maximum atomic E-state index is 12.7. The lowest BCUT2D eigenvalue weighted by atomic mass is 10.1. The zero-order chi connectivity index (χ0) is 18.8. The lowest BCUT2D eigenvalue weighted by Crippen LogP contribution is -2.42. The van der Waals surface area contributed by atoms with Crippen LogP contribution >= 0.6 is 11.6 Å². The molecule has 0 spiro atoms. The van der Waals surface area contributed by atoms with Crippen molar-refractivity contribution in [3.63, 3.8) is 0 Å². The van der Waals surface area contributed by atoms with Crippen LogP contribution in [-0.4, -0.2) is 44.6 Å². The predicted octanol–water partition coefficient (Wildman–Crippen LogP) is 2.47. The number of aliphatic hydroxyl groups excluding tert-OH is 1. The van der Waals surface area contributed by atoms with Crippen molar-refractivity contribution >= 4 is 28.5 Å². The molecule has 140 valence electrons. The number of aromatic nitrogens is 2. The number of hydrogen-bond acceptors (Lipinski definition) is 4. The van der Waals surface area contributed by atoms with Gasteiger partial charge in [0.25, 0.3) is 0 Å². The molecule has 1 aliphatic rings. The number of benzene rings is 2. The summed E-state index contributed by atoms with van der Waals surface area (Å²) < 4.78 is 0. The van der Waals surface area contributed by atoms with Crippen LogP contribution in [0, 0.1) is 0 Å². The Kier molecular flexibility index (Phi) is 5.11. The van der Waals surface area contributed by atoms with E-state index in [1.165, 1.54) is 0 Å². The number of imidazole rings is 1. The molecule has 2 atom stereocenters. The Morgan fingerprint density at radius 3 is 2.85 bits per heavy atom. The topological polar surface area (TPSA) is 81.2 Å². The van der Waals surface area contributed by atoms with Crippen molar-refractivity contribution in [2.75, 3.05) is 6.54 Å². The number of carbonyl (C=O) groups excluding carboxylic acids is 1. The largest absolute Gasteiger partial charge is 0.392 e. The van der Waals surface area contributed by atoms with E-state index in [-0.39, 0.29) is 11.9 Å². The molecule has 1 saturated heterocycles. The van der Waals surface area contributed by atoms with E-state index in [9.17, 15) is 9.90 Å². The third-order valence-electron chi connectivity index (χ3n) is 4.88. The second kappa shape index (κ2) is 7.68. The van der Waals surface area contributed by atoms with Crippen LogP contribution in [0.15, 0.2) is 48.5 Å². The highest BCUT2D eigenvalue weighted by Crippen LogP contribution is 2.24. The van der Waals surface area contributed by atoms with Gasteiger partial charge in [-0.15, -0.1) is 0 Å². The standard InChI is InChI=1S/C20H21ClN4O2/c21-15-6-2-1-5-13(15)11-25-12-14(26)9-18(25)20(27)22-10-19-23-16-7-3-4-8-17(16)24-19/h1-8,14,18,26H,9-12H2,(H,22,27)(H,23,24). The molecule has 3 aromatic rings. The SMILES string of the molecule is O=C(NCc1nc2ccccc2[nH]1)C1CC(O)CN1Cc1ccccc1Cl. The van der Waals surface area contributed by atoms with E-state index in [1.807, 2.05) is 53.4 Å². The zero-order valence-corrected chi connectivity index (χ0v) is 15.5. The van der Waals surface area contributed by atoms with Crippen LogP contribution in [0.4, 0.5) is 0 Å². The van der Waals surface area contributed by atoms with Gasteiger partial charge < -0.3 is 15.4 Å². The van der Waals surface area contributed by atoms with E-state index >= 15 is 0 Å². The summed E-state index contributed by atoms with van der Waals surface area (Å²) in [5.41, 5.74) is 2.76. The maximum absolute atomic E-state index is 12.7. The number of fused-ring (bicyclic) bond motifs is 1. The van der Waals surface area contributed by atoms with E-state index in [1.54, 1.807) is 0 Å². The molecule has 1 aromatic heterocycles. The van der Waals surface area contributed by atoms with Crippen LogP contribution in [0.2, 0.25) is 5.02 Å². The Hall–Kier alpha value is -2.41. The molecule has 1 aliphatic heterocycles. The minimum Gasteiger partial charge on any atom is -0.392 e. The Labute approximate surface area is 162 Å². The van der Waals surface area contributed by atoms with Crippen molar-refractivity contribution in [2.24, 2.45) is 0 Å². The highest BCUT2D eigenvalue weighted by atomic mass is 35.5.